The SMILES string of the molecule is COC1CCN(S(=O)(=O)c2cccc(C(C)=O)c2)C(CN)C1. The van der Waals surface area contributed by atoms with Crippen LogP contribution in [-0.2, 0) is 14.8 Å². The fraction of sp³-hybridized carbons (Fsp3) is 0.533. The van der Waals surface area contributed by atoms with Crippen LogP contribution in [0.15, 0.2) is 29.2 Å². The molecule has 22 heavy (non-hydrogen) atoms. The number of Topliss-reactive ketones (excluding diaryl/α,β-unsaturated/α-hetero) is 1. The average molecular weight is 326 g/mol. The van der Waals surface area contributed by atoms with E-state index in [1.54, 1.807) is 19.2 Å². The molecule has 2 N–H and O–H groups in total. The molecule has 2 rings (SSSR count). The highest BCUT2D eigenvalue weighted by atomic mass is 32.2. The van der Waals surface area contributed by atoms with Crippen LogP contribution < -0.4 is 5.73 Å². The van der Waals surface area contributed by atoms with Gasteiger partial charge in [-0.1, -0.05) is 12.1 Å². The molecule has 1 aliphatic rings. The van der Waals surface area contributed by atoms with Crippen molar-refractivity contribution >= 4 is 15.8 Å². The second-order valence-electron chi connectivity index (χ2n) is 5.47. The number of benzene rings is 1. The van der Waals surface area contributed by atoms with Gasteiger partial charge in [0, 0.05) is 31.8 Å². The maximum Gasteiger partial charge on any atom is 0.243 e. The van der Waals surface area contributed by atoms with Crippen molar-refractivity contribution in [3.63, 3.8) is 0 Å². The maximum absolute atomic E-state index is 12.8. The summed E-state index contributed by atoms with van der Waals surface area (Å²) in [5.41, 5.74) is 6.13. The van der Waals surface area contributed by atoms with Crippen LogP contribution in [0.3, 0.4) is 0 Å². The number of sulfonamides is 1. The molecule has 1 aliphatic heterocycles. The number of rotatable bonds is 5. The third-order valence-corrected chi connectivity index (χ3v) is 6.01. The standard InChI is InChI=1S/C15H22N2O4S/c1-11(18)12-4-3-5-15(8-12)22(19,20)17-7-6-14(21-2)9-13(17)10-16/h3-5,8,13-14H,6-7,9-10,16H2,1-2H3. The van der Waals surface area contributed by atoms with E-state index in [1.807, 2.05) is 0 Å². The molecule has 0 aromatic heterocycles. The topological polar surface area (TPSA) is 89.7 Å². The van der Waals surface area contributed by atoms with E-state index in [0.29, 0.717) is 24.9 Å². The largest absolute Gasteiger partial charge is 0.381 e. The molecule has 7 heteroatoms. The molecule has 1 saturated heterocycles. The molecule has 1 aromatic carbocycles. The van der Waals surface area contributed by atoms with Crippen LogP contribution in [0.5, 0.6) is 0 Å². The van der Waals surface area contributed by atoms with Crippen LogP contribution in [-0.4, -0.2) is 50.9 Å². The van der Waals surface area contributed by atoms with Crippen LogP contribution in [0.2, 0.25) is 0 Å². The van der Waals surface area contributed by atoms with E-state index in [2.05, 4.69) is 0 Å². The van der Waals surface area contributed by atoms with Crippen LogP contribution >= 0.6 is 0 Å². The van der Waals surface area contributed by atoms with Crippen molar-refractivity contribution in [1.82, 2.24) is 4.31 Å². The molecule has 0 amide bonds. The summed E-state index contributed by atoms with van der Waals surface area (Å²) in [5, 5.41) is 0. The minimum Gasteiger partial charge on any atom is -0.381 e. The molecule has 0 bridgehead atoms. The fourth-order valence-corrected chi connectivity index (χ4v) is 4.46. The first-order valence-corrected chi connectivity index (χ1v) is 8.70. The van der Waals surface area contributed by atoms with Crippen molar-refractivity contribution in [2.75, 3.05) is 20.2 Å². The van der Waals surface area contributed by atoms with Gasteiger partial charge >= 0.3 is 0 Å². The highest BCUT2D eigenvalue weighted by Crippen LogP contribution is 2.26. The lowest BCUT2D eigenvalue weighted by molar-refractivity contribution is 0.0401. The van der Waals surface area contributed by atoms with Gasteiger partial charge in [-0.15, -0.1) is 0 Å². The van der Waals surface area contributed by atoms with Crippen molar-refractivity contribution < 1.29 is 17.9 Å². The van der Waals surface area contributed by atoms with Gasteiger partial charge in [0.1, 0.15) is 0 Å². The number of methoxy groups -OCH3 is 1. The molecule has 0 spiro atoms. The molecule has 1 fully saturated rings. The molecule has 0 saturated carbocycles. The van der Waals surface area contributed by atoms with Crippen molar-refractivity contribution in [2.24, 2.45) is 5.73 Å². The Hall–Kier alpha value is -1.28. The van der Waals surface area contributed by atoms with Gasteiger partial charge < -0.3 is 10.5 Å². The molecule has 2 atom stereocenters. The second kappa shape index (κ2) is 6.87. The normalized spacial score (nSPS) is 23.4. The monoisotopic (exact) mass is 326 g/mol. The van der Waals surface area contributed by atoms with E-state index >= 15 is 0 Å². The molecule has 0 aliphatic carbocycles. The van der Waals surface area contributed by atoms with Crippen LogP contribution in [0.4, 0.5) is 0 Å². The predicted octanol–water partition coefficient (Wildman–Crippen LogP) is 1.02. The van der Waals surface area contributed by atoms with Gasteiger partial charge in [0.2, 0.25) is 10.0 Å². The molecule has 1 aromatic rings. The first-order chi connectivity index (χ1) is 10.4. The lowest BCUT2D eigenvalue weighted by atomic mass is 10.0. The van der Waals surface area contributed by atoms with Crippen LogP contribution in [0.1, 0.15) is 30.1 Å². The molecule has 1 heterocycles. The van der Waals surface area contributed by atoms with Crippen molar-refractivity contribution in [2.45, 2.75) is 36.8 Å². The predicted molar refractivity (Wildman–Crippen MR) is 83.2 cm³/mol. The minimum absolute atomic E-state index is 0.0311. The molecule has 0 radical (unpaired) electrons. The van der Waals surface area contributed by atoms with Gasteiger partial charge in [0.05, 0.1) is 11.0 Å². The highest BCUT2D eigenvalue weighted by Gasteiger charge is 2.36. The third-order valence-electron chi connectivity index (χ3n) is 4.07. The number of piperidine rings is 1. The first-order valence-electron chi connectivity index (χ1n) is 7.26. The minimum atomic E-state index is -3.67. The molecule has 122 valence electrons. The summed E-state index contributed by atoms with van der Waals surface area (Å²) in [6, 6.07) is 5.84. The first kappa shape index (κ1) is 17.1. The summed E-state index contributed by atoms with van der Waals surface area (Å²) < 4.78 is 32.4. The summed E-state index contributed by atoms with van der Waals surface area (Å²) in [5.74, 6) is -0.162. The average Bonchev–Trinajstić information content (AvgIpc) is 2.54. The van der Waals surface area contributed by atoms with Gasteiger partial charge in [-0.05, 0) is 31.9 Å². The number of ketones is 1. The van der Waals surface area contributed by atoms with Gasteiger partial charge in [0.15, 0.2) is 5.78 Å². The molecular weight excluding hydrogens is 304 g/mol. The number of ether oxygens (including phenoxy) is 1. The van der Waals surface area contributed by atoms with E-state index in [0.717, 1.165) is 0 Å². The zero-order chi connectivity index (χ0) is 16.3. The van der Waals surface area contributed by atoms with E-state index in [-0.39, 0.29) is 29.4 Å². The summed E-state index contributed by atoms with van der Waals surface area (Å²) in [6.45, 7) is 2.02. The Balaban J connectivity index is 2.33. The maximum atomic E-state index is 12.8. The van der Waals surface area contributed by atoms with Gasteiger partial charge in [-0.2, -0.15) is 4.31 Å². The lowest BCUT2D eigenvalue weighted by Gasteiger charge is -2.37. The second-order valence-corrected chi connectivity index (χ2v) is 7.36. The summed E-state index contributed by atoms with van der Waals surface area (Å²) in [6.07, 6.45) is 1.25. The number of carbonyl (C=O) groups is 1. The van der Waals surface area contributed by atoms with Gasteiger partial charge in [-0.3, -0.25) is 4.79 Å². The lowest BCUT2D eigenvalue weighted by Crippen LogP contribution is -2.51. The Morgan fingerprint density at radius 3 is 2.77 bits per heavy atom. The van der Waals surface area contributed by atoms with Crippen LogP contribution in [0, 0.1) is 0 Å². The zero-order valence-electron chi connectivity index (χ0n) is 12.9. The Morgan fingerprint density at radius 2 is 2.18 bits per heavy atom. The number of carbonyl (C=O) groups excluding carboxylic acids is 1. The molecular formula is C15H22N2O4S. The number of nitrogens with two attached hydrogens (primary N) is 1. The van der Waals surface area contributed by atoms with E-state index in [1.165, 1.54) is 23.4 Å². The molecule has 6 nitrogen and oxygen atoms in total. The summed E-state index contributed by atoms with van der Waals surface area (Å²) >= 11 is 0. The Kier molecular flexibility index (Phi) is 5.33. The van der Waals surface area contributed by atoms with Crippen LogP contribution in [0.25, 0.3) is 0 Å². The number of hydrogen-bond donors (Lipinski definition) is 1. The Labute approximate surface area is 131 Å². The van der Waals surface area contributed by atoms with Gasteiger partial charge in [-0.25, -0.2) is 8.42 Å². The summed E-state index contributed by atoms with van der Waals surface area (Å²) in [4.78, 5) is 11.6. The van der Waals surface area contributed by atoms with E-state index in [9.17, 15) is 13.2 Å². The summed E-state index contributed by atoms with van der Waals surface area (Å²) in [7, 11) is -2.04. The van der Waals surface area contributed by atoms with Crippen molar-refractivity contribution in [1.29, 1.82) is 0 Å². The smallest absolute Gasteiger partial charge is 0.243 e. The Morgan fingerprint density at radius 1 is 1.45 bits per heavy atom. The van der Waals surface area contributed by atoms with E-state index in [4.69, 9.17) is 10.5 Å². The number of nitrogens with zero attached hydrogens (tertiary/aromatic N) is 1. The fourth-order valence-electron chi connectivity index (χ4n) is 2.75. The zero-order valence-corrected chi connectivity index (χ0v) is 13.7. The van der Waals surface area contributed by atoms with Crippen molar-refractivity contribution in [3.8, 4) is 0 Å². The number of hydrogen-bond acceptors (Lipinski definition) is 5. The molecule has 2 unspecified atom stereocenters. The van der Waals surface area contributed by atoms with Gasteiger partial charge in [0.25, 0.3) is 0 Å². The quantitative estimate of drug-likeness (QED) is 0.816. The van der Waals surface area contributed by atoms with E-state index < -0.39 is 10.0 Å². The highest BCUT2D eigenvalue weighted by molar-refractivity contribution is 7.89. The van der Waals surface area contributed by atoms with Crippen molar-refractivity contribution in [3.05, 3.63) is 29.8 Å². The third kappa shape index (κ3) is 3.38. The Bertz CT molecular complexity index is 645.